The van der Waals surface area contributed by atoms with Gasteiger partial charge in [-0.3, -0.25) is 14.5 Å². The van der Waals surface area contributed by atoms with Gasteiger partial charge in [-0.2, -0.15) is 0 Å². The molecule has 1 aliphatic carbocycles. The number of carbonyl (C=O) groups is 2. The molecule has 1 heterocycles. The number of ether oxygens (including phenoxy) is 1. The molecule has 2 aliphatic rings. The highest BCUT2D eigenvalue weighted by Crippen LogP contribution is 2.32. The van der Waals surface area contributed by atoms with Gasteiger partial charge in [0.2, 0.25) is 11.8 Å². The minimum atomic E-state index is -0.140. The van der Waals surface area contributed by atoms with Crippen LogP contribution in [0.4, 0.5) is 5.69 Å². The first-order chi connectivity index (χ1) is 14.3. The average Bonchev–Trinajstić information content (AvgIpc) is 3.21. The van der Waals surface area contributed by atoms with Crippen molar-refractivity contribution in [2.24, 2.45) is 11.3 Å². The van der Waals surface area contributed by atoms with Crippen LogP contribution >= 0.6 is 0 Å². The molecule has 1 aliphatic heterocycles. The fourth-order valence-electron chi connectivity index (χ4n) is 4.68. The Labute approximate surface area is 180 Å². The van der Waals surface area contributed by atoms with E-state index >= 15 is 0 Å². The second-order valence-electron chi connectivity index (χ2n) is 9.86. The van der Waals surface area contributed by atoms with E-state index in [4.69, 9.17) is 4.74 Å². The van der Waals surface area contributed by atoms with Crippen molar-refractivity contribution >= 4 is 17.5 Å². The number of carbonyl (C=O) groups excluding carboxylic acids is 2. The SMILES string of the molecule is COc1cccc(NC(=O)[C@H](C2CCCC2)N2CCN(C(=O)CC(C)(C)C)CC2)c1. The van der Waals surface area contributed by atoms with Gasteiger partial charge in [0.25, 0.3) is 0 Å². The number of rotatable bonds is 6. The lowest BCUT2D eigenvalue weighted by molar-refractivity contribution is -0.136. The van der Waals surface area contributed by atoms with Crippen molar-refractivity contribution in [2.75, 3.05) is 38.6 Å². The molecule has 30 heavy (non-hydrogen) atoms. The Balaban J connectivity index is 1.66. The lowest BCUT2D eigenvalue weighted by atomic mass is 9.91. The maximum absolute atomic E-state index is 13.3. The van der Waals surface area contributed by atoms with E-state index in [1.165, 1.54) is 12.8 Å². The third-order valence-corrected chi connectivity index (χ3v) is 6.19. The zero-order chi connectivity index (χ0) is 21.7. The van der Waals surface area contributed by atoms with Crippen LogP contribution in [0.5, 0.6) is 5.75 Å². The number of anilines is 1. The van der Waals surface area contributed by atoms with Crippen LogP contribution in [-0.2, 0) is 9.59 Å². The number of hydrogen-bond donors (Lipinski definition) is 1. The highest BCUT2D eigenvalue weighted by molar-refractivity contribution is 5.95. The maximum Gasteiger partial charge on any atom is 0.242 e. The minimum absolute atomic E-state index is 0.00275. The van der Waals surface area contributed by atoms with Crippen molar-refractivity contribution in [3.05, 3.63) is 24.3 Å². The minimum Gasteiger partial charge on any atom is -0.497 e. The molecule has 0 aromatic heterocycles. The van der Waals surface area contributed by atoms with Crippen molar-refractivity contribution in [3.63, 3.8) is 0 Å². The summed E-state index contributed by atoms with van der Waals surface area (Å²) in [5.74, 6) is 1.40. The fourth-order valence-corrected chi connectivity index (χ4v) is 4.68. The summed E-state index contributed by atoms with van der Waals surface area (Å²) in [6.07, 6.45) is 5.14. The predicted octanol–water partition coefficient (Wildman–Crippen LogP) is 3.77. The Kier molecular flexibility index (Phi) is 7.40. The Bertz CT molecular complexity index is 729. The van der Waals surface area contributed by atoms with Crippen molar-refractivity contribution in [2.45, 2.75) is 58.9 Å². The molecule has 2 fully saturated rings. The molecule has 1 aromatic carbocycles. The van der Waals surface area contributed by atoms with Crippen molar-refractivity contribution in [1.29, 1.82) is 0 Å². The van der Waals surface area contributed by atoms with E-state index in [9.17, 15) is 9.59 Å². The topological polar surface area (TPSA) is 61.9 Å². The summed E-state index contributed by atoms with van der Waals surface area (Å²) in [6.45, 7) is 9.20. The van der Waals surface area contributed by atoms with Crippen LogP contribution in [0.2, 0.25) is 0 Å². The summed E-state index contributed by atoms with van der Waals surface area (Å²) in [4.78, 5) is 30.2. The Hall–Kier alpha value is -2.08. The summed E-state index contributed by atoms with van der Waals surface area (Å²) >= 11 is 0. The predicted molar refractivity (Wildman–Crippen MR) is 120 cm³/mol. The van der Waals surface area contributed by atoms with E-state index in [2.05, 4.69) is 31.0 Å². The average molecular weight is 416 g/mol. The molecular weight excluding hydrogens is 378 g/mol. The van der Waals surface area contributed by atoms with Gasteiger partial charge in [-0.05, 0) is 36.3 Å². The van der Waals surface area contributed by atoms with Crippen molar-refractivity contribution < 1.29 is 14.3 Å². The Morgan fingerprint density at radius 3 is 2.40 bits per heavy atom. The lowest BCUT2D eigenvalue weighted by Crippen LogP contribution is -2.57. The molecule has 0 spiro atoms. The molecule has 1 saturated carbocycles. The first-order valence-electron chi connectivity index (χ1n) is 11.2. The normalized spacial score (nSPS) is 19.5. The van der Waals surface area contributed by atoms with Crippen LogP contribution in [-0.4, -0.2) is 60.9 Å². The van der Waals surface area contributed by atoms with Crippen LogP contribution in [0.3, 0.4) is 0 Å². The third kappa shape index (κ3) is 5.97. The molecule has 1 atom stereocenters. The first kappa shape index (κ1) is 22.6. The van der Waals surface area contributed by atoms with Gasteiger partial charge >= 0.3 is 0 Å². The maximum atomic E-state index is 13.3. The molecular formula is C24H37N3O3. The molecule has 166 valence electrons. The first-order valence-corrected chi connectivity index (χ1v) is 11.2. The summed E-state index contributed by atoms with van der Waals surface area (Å²) < 4.78 is 5.28. The van der Waals surface area contributed by atoms with Crippen molar-refractivity contribution in [1.82, 2.24) is 9.80 Å². The number of hydrogen-bond acceptors (Lipinski definition) is 4. The molecule has 1 N–H and O–H groups in total. The van der Waals surface area contributed by atoms with Gasteiger partial charge in [0.05, 0.1) is 13.2 Å². The zero-order valence-electron chi connectivity index (χ0n) is 18.9. The molecule has 1 saturated heterocycles. The highest BCUT2D eigenvalue weighted by atomic mass is 16.5. The van der Waals surface area contributed by atoms with Crippen LogP contribution in [0.15, 0.2) is 24.3 Å². The lowest BCUT2D eigenvalue weighted by Gasteiger charge is -2.41. The van der Waals surface area contributed by atoms with E-state index in [0.717, 1.165) is 37.4 Å². The van der Waals surface area contributed by atoms with Crippen LogP contribution in [0.1, 0.15) is 52.9 Å². The van der Waals surface area contributed by atoms with Gasteiger partial charge in [-0.25, -0.2) is 0 Å². The molecule has 6 nitrogen and oxygen atoms in total. The monoisotopic (exact) mass is 415 g/mol. The standard InChI is InChI=1S/C24H37N3O3/c1-24(2,3)17-21(28)26-12-14-27(15-13-26)22(18-8-5-6-9-18)23(29)25-19-10-7-11-20(16-19)30-4/h7,10-11,16,18,22H,5-6,8-9,12-15,17H2,1-4H3,(H,25,29)/t22-/m0/s1. The van der Waals surface area contributed by atoms with Crippen LogP contribution < -0.4 is 10.1 Å². The Morgan fingerprint density at radius 1 is 1.13 bits per heavy atom. The molecule has 3 rings (SSSR count). The zero-order valence-corrected chi connectivity index (χ0v) is 18.9. The van der Waals surface area contributed by atoms with Crippen LogP contribution in [0.25, 0.3) is 0 Å². The highest BCUT2D eigenvalue weighted by Gasteiger charge is 2.37. The van der Waals surface area contributed by atoms with Gasteiger partial charge in [-0.15, -0.1) is 0 Å². The molecule has 0 radical (unpaired) electrons. The number of piperazine rings is 1. The second kappa shape index (κ2) is 9.82. The summed E-state index contributed by atoms with van der Waals surface area (Å²) in [5.41, 5.74) is 0.762. The van der Waals surface area contributed by atoms with Gasteiger partial charge < -0.3 is 15.0 Å². The smallest absolute Gasteiger partial charge is 0.242 e. The second-order valence-corrected chi connectivity index (χ2v) is 9.86. The van der Waals surface area contributed by atoms with E-state index in [0.29, 0.717) is 25.4 Å². The van der Waals surface area contributed by atoms with E-state index in [1.54, 1.807) is 7.11 Å². The quantitative estimate of drug-likeness (QED) is 0.768. The van der Waals surface area contributed by atoms with Gasteiger partial charge in [-0.1, -0.05) is 39.7 Å². The largest absolute Gasteiger partial charge is 0.497 e. The number of methoxy groups -OCH3 is 1. The number of amides is 2. The Morgan fingerprint density at radius 2 is 1.80 bits per heavy atom. The number of nitrogens with zero attached hydrogens (tertiary/aromatic N) is 2. The van der Waals surface area contributed by atoms with Crippen molar-refractivity contribution in [3.8, 4) is 5.75 Å². The molecule has 2 amide bonds. The van der Waals surface area contributed by atoms with Gasteiger partial charge in [0, 0.05) is 44.4 Å². The van der Waals surface area contributed by atoms with Gasteiger partial charge in [0.1, 0.15) is 5.75 Å². The fraction of sp³-hybridized carbons (Fsp3) is 0.667. The summed E-state index contributed by atoms with van der Waals surface area (Å²) in [7, 11) is 1.63. The van der Waals surface area contributed by atoms with E-state index in [-0.39, 0.29) is 23.3 Å². The van der Waals surface area contributed by atoms with Gasteiger partial charge in [0.15, 0.2) is 0 Å². The number of benzene rings is 1. The number of nitrogens with one attached hydrogen (secondary N) is 1. The summed E-state index contributed by atoms with van der Waals surface area (Å²) in [6, 6.07) is 7.37. The molecule has 0 unspecified atom stereocenters. The molecule has 0 bridgehead atoms. The third-order valence-electron chi connectivity index (χ3n) is 6.19. The van der Waals surface area contributed by atoms with Crippen LogP contribution in [0, 0.1) is 11.3 Å². The van der Waals surface area contributed by atoms with E-state index < -0.39 is 0 Å². The molecule has 6 heteroatoms. The summed E-state index contributed by atoms with van der Waals surface area (Å²) in [5, 5.41) is 3.11. The van der Waals surface area contributed by atoms with E-state index in [1.807, 2.05) is 29.2 Å². The molecule has 1 aromatic rings.